The Morgan fingerprint density at radius 3 is 2.59 bits per heavy atom. The molecule has 3 aromatic rings. The molecule has 1 aromatic heterocycles. The van der Waals surface area contributed by atoms with Crippen LogP contribution in [0.15, 0.2) is 59.4 Å². The Balaban J connectivity index is 1.48. The second kappa shape index (κ2) is 8.73. The predicted molar refractivity (Wildman–Crippen MR) is 119 cm³/mol. The van der Waals surface area contributed by atoms with E-state index in [2.05, 4.69) is 37.0 Å². The van der Waals surface area contributed by atoms with Gasteiger partial charge in [-0.1, -0.05) is 57.2 Å². The van der Waals surface area contributed by atoms with E-state index in [0.717, 1.165) is 17.2 Å². The Morgan fingerprint density at radius 2 is 1.88 bits per heavy atom. The van der Waals surface area contributed by atoms with Crippen molar-refractivity contribution in [3.8, 4) is 22.9 Å². The van der Waals surface area contributed by atoms with Gasteiger partial charge in [0.05, 0.1) is 12.2 Å². The molecule has 0 aliphatic carbocycles. The van der Waals surface area contributed by atoms with Gasteiger partial charge in [0.1, 0.15) is 12.4 Å². The summed E-state index contributed by atoms with van der Waals surface area (Å²) in [6.45, 7) is 5.97. The van der Waals surface area contributed by atoms with Gasteiger partial charge in [-0.15, -0.1) is 0 Å². The molecule has 1 atom stereocenters. The maximum absolute atomic E-state index is 14.3. The SMILES string of the molecule is CCC(F)(F)c1cc(=O)nc2n1C[C@@H](COc1cccc(-c3cccc(C(C)C)c3)c1)O2. The molecule has 0 saturated carbocycles. The third kappa shape index (κ3) is 4.52. The molecule has 7 heteroatoms. The van der Waals surface area contributed by atoms with Crippen molar-refractivity contribution in [1.29, 1.82) is 0 Å². The van der Waals surface area contributed by atoms with Crippen molar-refractivity contribution < 1.29 is 18.3 Å². The van der Waals surface area contributed by atoms with Gasteiger partial charge >= 0.3 is 6.01 Å². The Kier molecular flexibility index (Phi) is 6.00. The Hall–Kier alpha value is -3.22. The van der Waals surface area contributed by atoms with Gasteiger partial charge in [0.25, 0.3) is 11.5 Å². The van der Waals surface area contributed by atoms with Crippen LogP contribution in [0.1, 0.15) is 44.4 Å². The molecule has 2 heterocycles. The minimum Gasteiger partial charge on any atom is -0.490 e. The number of hydrogen-bond donors (Lipinski definition) is 0. The third-order valence-electron chi connectivity index (χ3n) is 5.62. The van der Waals surface area contributed by atoms with Gasteiger partial charge < -0.3 is 9.47 Å². The van der Waals surface area contributed by atoms with E-state index in [4.69, 9.17) is 9.47 Å². The van der Waals surface area contributed by atoms with E-state index >= 15 is 0 Å². The van der Waals surface area contributed by atoms with Crippen LogP contribution in [0, 0.1) is 0 Å². The first-order valence-corrected chi connectivity index (χ1v) is 10.8. The van der Waals surface area contributed by atoms with Gasteiger partial charge in [0.15, 0.2) is 6.10 Å². The minimum atomic E-state index is -3.13. The summed E-state index contributed by atoms with van der Waals surface area (Å²) in [5.41, 5.74) is 2.27. The average Bonchev–Trinajstić information content (AvgIpc) is 3.20. The highest BCUT2D eigenvalue weighted by atomic mass is 19.3. The largest absolute Gasteiger partial charge is 0.490 e. The molecular weight excluding hydrogens is 414 g/mol. The number of fused-ring (bicyclic) bond motifs is 1. The van der Waals surface area contributed by atoms with E-state index in [1.807, 2.05) is 30.3 Å². The molecule has 0 spiro atoms. The lowest BCUT2D eigenvalue weighted by Crippen LogP contribution is -2.25. The molecule has 168 valence electrons. The molecule has 1 aliphatic heterocycles. The van der Waals surface area contributed by atoms with Gasteiger partial charge in [-0.3, -0.25) is 9.36 Å². The van der Waals surface area contributed by atoms with Crippen molar-refractivity contribution in [2.24, 2.45) is 0 Å². The fourth-order valence-electron chi connectivity index (χ4n) is 3.74. The number of alkyl halides is 2. The van der Waals surface area contributed by atoms with E-state index in [9.17, 15) is 13.6 Å². The van der Waals surface area contributed by atoms with Gasteiger partial charge in [-0.2, -0.15) is 13.8 Å². The quantitative estimate of drug-likeness (QED) is 0.495. The molecule has 2 aromatic carbocycles. The van der Waals surface area contributed by atoms with Crippen molar-refractivity contribution in [2.75, 3.05) is 6.61 Å². The van der Waals surface area contributed by atoms with Crippen LogP contribution in [-0.2, 0) is 12.5 Å². The fourth-order valence-corrected chi connectivity index (χ4v) is 3.74. The van der Waals surface area contributed by atoms with E-state index < -0.39 is 24.0 Å². The van der Waals surface area contributed by atoms with Crippen molar-refractivity contribution in [1.82, 2.24) is 9.55 Å². The van der Waals surface area contributed by atoms with Gasteiger partial charge in [-0.05, 0) is 34.7 Å². The number of benzene rings is 2. The molecular formula is C25H26F2N2O3. The van der Waals surface area contributed by atoms with Crippen LogP contribution < -0.4 is 15.0 Å². The Labute approximate surface area is 185 Å². The molecule has 5 nitrogen and oxygen atoms in total. The number of aromatic nitrogens is 2. The van der Waals surface area contributed by atoms with Crippen LogP contribution in [0.4, 0.5) is 8.78 Å². The molecule has 4 rings (SSSR count). The van der Waals surface area contributed by atoms with E-state index in [1.54, 1.807) is 0 Å². The van der Waals surface area contributed by atoms with Crippen LogP contribution in [0.3, 0.4) is 0 Å². The lowest BCUT2D eigenvalue weighted by atomic mass is 9.97. The number of ether oxygens (including phenoxy) is 2. The summed E-state index contributed by atoms with van der Waals surface area (Å²) < 4.78 is 41.4. The van der Waals surface area contributed by atoms with Gasteiger partial charge in [-0.25, -0.2) is 0 Å². The van der Waals surface area contributed by atoms with Crippen LogP contribution in [0.2, 0.25) is 0 Å². The lowest BCUT2D eigenvalue weighted by molar-refractivity contribution is -0.0169. The highest BCUT2D eigenvalue weighted by molar-refractivity contribution is 5.66. The second-order valence-corrected chi connectivity index (χ2v) is 8.29. The Morgan fingerprint density at radius 1 is 1.16 bits per heavy atom. The zero-order valence-corrected chi connectivity index (χ0v) is 18.3. The molecule has 0 unspecified atom stereocenters. The summed E-state index contributed by atoms with van der Waals surface area (Å²) >= 11 is 0. The Bertz CT molecular complexity index is 1170. The highest BCUT2D eigenvalue weighted by Gasteiger charge is 2.37. The van der Waals surface area contributed by atoms with Crippen molar-refractivity contribution in [3.05, 3.63) is 76.2 Å². The van der Waals surface area contributed by atoms with Crippen molar-refractivity contribution >= 4 is 0 Å². The van der Waals surface area contributed by atoms with Crippen LogP contribution >= 0.6 is 0 Å². The summed E-state index contributed by atoms with van der Waals surface area (Å²) in [5, 5.41) is 0. The van der Waals surface area contributed by atoms with Crippen molar-refractivity contribution in [2.45, 2.75) is 51.7 Å². The first kappa shape index (κ1) is 22.0. The monoisotopic (exact) mass is 440 g/mol. The van der Waals surface area contributed by atoms with E-state index in [0.29, 0.717) is 11.7 Å². The minimum absolute atomic E-state index is 0.0894. The van der Waals surface area contributed by atoms with Crippen LogP contribution in [-0.4, -0.2) is 22.3 Å². The number of halogens is 2. The van der Waals surface area contributed by atoms with Crippen LogP contribution in [0.5, 0.6) is 11.8 Å². The third-order valence-corrected chi connectivity index (χ3v) is 5.62. The first-order chi connectivity index (χ1) is 15.3. The summed E-state index contributed by atoms with van der Waals surface area (Å²) in [6, 6.07) is 16.9. The van der Waals surface area contributed by atoms with Gasteiger partial charge in [0, 0.05) is 12.5 Å². The standard InChI is InChI=1S/C25H26F2N2O3/c1-4-25(26,27)22-13-23(30)28-24-29(22)14-21(32-24)15-31-20-10-6-9-19(12-20)18-8-5-7-17(11-18)16(2)3/h5-13,16,21H,4,14-15H2,1-3H3/t21-/m0/s1. The number of nitrogens with zero attached hydrogens (tertiary/aromatic N) is 2. The maximum Gasteiger partial charge on any atom is 0.300 e. The summed E-state index contributed by atoms with van der Waals surface area (Å²) in [7, 11) is 0. The molecule has 0 amide bonds. The number of rotatable bonds is 7. The fraction of sp³-hybridized carbons (Fsp3) is 0.360. The first-order valence-electron chi connectivity index (χ1n) is 10.8. The molecule has 0 saturated heterocycles. The topological polar surface area (TPSA) is 53.4 Å². The summed E-state index contributed by atoms with van der Waals surface area (Å²) in [6.07, 6.45) is -0.939. The normalized spacial score (nSPS) is 15.5. The zero-order chi connectivity index (χ0) is 22.9. The molecule has 0 fully saturated rings. The van der Waals surface area contributed by atoms with Gasteiger partial charge in [0.2, 0.25) is 0 Å². The molecule has 0 bridgehead atoms. The summed E-state index contributed by atoms with van der Waals surface area (Å²) in [4.78, 5) is 15.5. The second-order valence-electron chi connectivity index (χ2n) is 8.29. The molecule has 1 aliphatic rings. The average molecular weight is 440 g/mol. The summed E-state index contributed by atoms with van der Waals surface area (Å²) in [5.74, 6) is -2.05. The number of hydrogen-bond acceptors (Lipinski definition) is 4. The maximum atomic E-state index is 14.3. The van der Waals surface area contributed by atoms with Crippen molar-refractivity contribution in [3.63, 3.8) is 0 Å². The zero-order valence-electron chi connectivity index (χ0n) is 18.3. The lowest BCUT2D eigenvalue weighted by Gasteiger charge is -2.17. The molecule has 0 radical (unpaired) electrons. The predicted octanol–water partition coefficient (Wildman–Crippen LogP) is 5.38. The van der Waals surface area contributed by atoms with E-state index in [1.165, 1.54) is 17.1 Å². The van der Waals surface area contributed by atoms with E-state index in [-0.39, 0.29) is 24.9 Å². The highest BCUT2D eigenvalue weighted by Crippen LogP contribution is 2.34. The van der Waals surface area contributed by atoms with Crippen LogP contribution in [0.25, 0.3) is 11.1 Å². The smallest absolute Gasteiger partial charge is 0.300 e. The molecule has 0 N–H and O–H groups in total. The molecule has 32 heavy (non-hydrogen) atoms.